The van der Waals surface area contributed by atoms with Gasteiger partial charge in [0.05, 0.1) is 12.3 Å². The van der Waals surface area contributed by atoms with E-state index in [1.54, 1.807) is 4.31 Å². The molecule has 1 aromatic carbocycles. The molecule has 7 heteroatoms. The summed E-state index contributed by atoms with van der Waals surface area (Å²) >= 11 is 0. The van der Waals surface area contributed by atoms with Gasteiger partial charge in [0.2, 0.25) is 15.9 Å². The van der Waals surface area contributed by atoms with Gasteiger partial charge in [0.15, 0.2) is 0 Å². The van der Waals surface area contributed by atoms with Gasteiger partial charge in [-0.25, -0.2) is 8.42 Å². The smallest absolute Gasteiger partial charge is 0.234 e. The summed E-state index contributed by atoms with van der Waals surface area (Å²) in [6.07, 6.45) is 3.48. The van der Waals surface area contributed by atoms with Crippen molar-refractivity contribution in [1.29, 1.82) is 0 Å². The average Bonchev–Trinajstić information content (AvgIpc) is 2.66. The van der Waals surface area contributed by atoms with Crippen LogP contribution in [0.3, 0.4) is 0 Å². The molecule has 2 aliphatic rings. The van der Waals surface area contributed by atoms with Crippen LogP contribution in [0.25, 0.3) is 0 Å². The van der Waals surface area contributed by atoms with Gasteiger partial charge in [0.1, 0.15) is 0 Å². The Balaban J connectivity index is 1.45. The molecular formula is C21H33N3O3S. The number of rotatable bonds is 6. The Morgan fingerprint density at radius 2 is 1.75 bits per heavy atom. The Hall–Kier alpha value is -1.44. The second-order valence-electron chi connectivity index (χ2n) is 8.36. The average molecular weight is 408 g/mol. The first-order chi connectivity index (χ1) is 13.3. The van der Waals surface area contributed by atoms with Crippen LogP contribution in [-0.4, -0.2) is 62.3 Å². The molecule has 0 bridgehead atoms. The number of benzene rings is 1. The molecule has 1 aliphatic heterocycles. The first kappa shape index (κ1) is 21.3. The second-order valence-corrected chi connectivity index (χ2v) is 10.3. The lowest BCUT2D eigenvalue weighted by Gasteiger charge is -2.36. The van der Waals surface area contributed by atoms with E-state index in [2.05, 4.69) is 24.1 Å². The van der Waals surface area contributed by atoms with Gasteiger partial charge in [-0.15, -0.1) is 0 Å². The summed E-state index contributed by atoms with van der Waals surface area (Å²) in [5.41, 5.74) is 0.806. The molecule has 2 fully saturated rings. The summed E-state index contributed by atoms with van der Waals surface area (Å²) < 4.78 is 26.8. The maximum absolute atomic E-state index is 12.6. The summed E-state index contributed by atoms with van der Waals surface area (Å²) in [4.78, 5) is 14.5. The number of amides is 1. The van der Waals surface area contributed by atoms with E-state index in [-0.39, 0.29) is 17.7 Å². The Kier molecular flexibility index (Phi) is 7.12. The Bertz CT molecular complexity index is 745. The lowest BCUT2D eigenvalue weighted by Crippen LogP contribution is -2.53. The minimum Gasteiger partial charge on any atom is -0.352 e. The molecule has 1 saturated carbocycles. The quantitative estimate of drug-likeness (QED) is 0.784. The van der Waals surface area contributed by atoms with E-state index >= 15 is 0 Å². The number of nitrogens with one attached hydrogen (secondary N) is 1. The monoisotopic (exact) mass is 407 g/mol. The van der Waals surface area contributed by atoms with Gasteiger partial charge in [-0.2, -0.15) is 4.31 Å². The van der Waals surface area contributed by atoms with Gasteiger partial charge in [-0.1, -0.05) is 57.0 Å². The standard InChI is InChI=1S/C21H33N3O3S/c1-17-7-6-10-20(18(17)2)22-21(25)15-23-11-13-24(14-12-23)28(26,27)16-19-8-4-3-5-9-19/h3-5,8-9,17-18,20H,6-7,10-16H2,1-2H3,(H,22,25)/t17-,18+,20+/m0/s1. The van der Waals surface area contributed by atoms with Gasteiger partial charge >= 0.3 is 0 Å². The summed E-state index contributed by atoms with van der Waals surface area (Å²) in [5, 5.41) is 3.21. The third-order valence-electron chi connectivity index (χ3n) is 6.34. The predicted molar refractivity (Wildman–Crippen MR) is 111 cm³/mol. The molecule has 0 aromatic heterocycles. The van der Waals surface area contributed by atoms with Crippen LogP contribution >= 0.6 is 0 Å². The summed E-state index contributed by atoms with van der Waals surface area (Å²) in [6.45, 7) is 6.92. The molecule has 1 aromatic rings. The van der Waals surface area contributed by atoms with Crippen LogP contribution in [0.15, 0.2) is 30.3 Å². The number of sulfonamides is 1. The second kappa shape index (κ2) is 9.37. The Labute approximate surface area is 169 Å². The molecule has 1 N–H and O–H groups in total. The highest BCUT2D eigenvalue weighted by atomic mass is 32.2. The molecule has 0 unspecified atom stereocenters. The molecule has 1 amide bonds. The zero-order valence-electron chi connectivity index (χ0n) is 17.0. The first-order valence-corrected chi connectivity index (χ1v) is 12.0. The van der Waals surface area contributed by atoms with Crippen molar-refractivity contribution in [3.05, 3.63) is 35.9 Å². The number of nitrogens with zero attached hydrogens (tertiary/aromatic N) is 2. The lowest BCUT2D eigenvalue weighted by molar-refractivity contribution is -0.124. The molecule has 3 atom stereocenters. The van der Waals surface area contributed by atoms with Gasteiger partial charge < -0.3 is 5.32 Å². The van der Waals surface area contributed by atoms with Crippen molar-refractivity contribution in [1.82, 2.24) is 14.5 Å². The maximum Gasteiger partial charge on any atom is 0.234 e. The topological polar surface area (TPSA) is 69.7 Å². The molecule has 0 spiro atoms. The van der Waals surface area contributed by atoms with Gasteiger partial charge in [0.25, 0.3) is 0 Å². The van der Waals surface area contributed by atoms with Crippen molar-refractivity contribution in [2.75, 3.05) is 32.7 Å². The highest BCUT2D eigenvalue weighted by Gasteiger charge is 2.30. The molecule has 6 nitrogen and oxygen atoms in total. The third kappa shape index (κ3) is 5.55. The van der Waals surface area contributed by atoms with Gasteiger partial charge in [-0.3, -0.25) is 9.69 Å². The molecule has 3 rings (SSSR count). The SMILES string of the molecule is C[C@@H]1[C@@H](C)CCC[C@H]1NC(=O)CN1CCN(S(=O)(=O)Cc2ccccc2)CC1. The van der Waals surface area contributed by atoms with Crippen LogP contribution in [0.2, 0.25) is 0 Å². The fourth-order valence-electron chi connectivity index (χ4n) is 4.28. The van der Waals surface area contributed by atoms with E-state index in [9.17, 15) is 13.2 Å². The molecule has 28 heavy (non-hydrogen) atoms. The zero-order chi connectivity index (χ0) is 20.1. The number of carbonyl (C=O) groups excluding carboxylic acids is 1. The predicted octanol–water partition coefficient (Wildman–Crippen LogP) is 2.07. The van der Waals surface area contributed by atoms with Crippen molar-refractivity contribution in [3.63, 3.8) is 0 Å². The van der Waals surface area contributed by atoms with Gasteiger partial charge in [-0.05, 0) is 23.8 Å². The molecule has 1 heterocycles. The van der Waals surface area contributed by atoms with Crippen molar-refractivity contribution < 1.29 is 13.2 Å². The van der Waals surface area contributed by atoms with E-state index < -0.39 is 10.0 Å². The third-order valence-corrected chi connectivity index (χ3v) is 8.19. The van der Waals surface area contributed by atoms with E-state index in [0.717, 1.165) is 12.0 Å². The largest absolute Gasteiger partial charge is 0.352 e. The molecule has 1 aliphatic carbocycles. The number of carbonyl (C=O) groups is 1. The van der Waals surface area contributed by atoms with E-state index in [1.807, 2.05) is 30.3 Å². The molecule has 1 saturated heterocycles. The number of hydrogen-bond acceptors (Lipinski definition) is 4. The van der Waals surface area contributed by atoms with Crippen LogP contribution in [0.5, 0.6) is 0 Å². The number of hydrogen-bond donors (Lipinski definition) is 1. The highest BCUT2D eigenvalue weighted by molar-refractivity contribution is 7.88. The fourth-order valence-corrected chi connectivity index (χ4v) is 5.80. The van der Waals surface area contributed by atoms with Gasteiger partial charge in [0, 0.05) is 32.2 Å². The minimum absolute atomic E-state index is 0.0338. The molecule has 0 radical (unpaired) electrons. The molecule has 156 valence electrons. The summed E-state index contributed by atoms with van der Waals surface area (Å²) in [5.74, 6) is 1.26. The Morgan fingerprint density at radius 3 is 2.43 bits per heavy atom. The summed E-state index contributed by atoms with van der Waals surface area (Å²) in [7, 11) is -3.32. The van der Waals surface area contributed by atoms with E-state index in [0.29, 0.717) is 44.6 Å². The highest BCUT2D eigenvalue weighted by Crippen LogP contribution is 2.29. The van der Waals surface area contributed by atoms with Crippen LogP contribution in [-0.2, 0) is 20.6 Å². The van der Waals surface area contributed by atoms with Crippen molar-refractivity contribution in [2.24, 2.45) is 11.8 Å². The van der Waals surface area contributed by atoms with Crippen LogP contribution < -0.4 is 5.32 Å². The minimum atomic E-state index is -3.32. The lowest BCUT2D eigenvalue weighted by atomic mass is 9.78. The Morgan fingerprint density at radius 1 is 1.07 bits per heavy atom. The van der Waals surface area contributed by atoms with Crippen molar-refractivity contribution in [3.8, 4) is 0 Å². The normalized spacial score (nSPS) is 27.4. The van der Waals surface area contributed by atoms with E-state index in [1.165, 1.54) is 12.8 Å². The number of piperazine rings is 1. The van der Waals surface area contributed by atoms with Crippen molar-refractivity contribution >= 4 is 15.9 Å². The van der Waals surface area contributed by atoms with Crippen molar-refractivity contribution in [2.45, 2.75) is 44.9 Å². The fraction of sp³-hybridized carbons (Fsp3) is 0.667. The van der Waals surface area contributed by atoms with Crippen LogP contribution in [0.4, 0.5) is 0 Å². The maximum atomic E-state index is 12.6. The van der Waals surface area contributed by atoms with Crippen LogP contribution in [0, 0.1) is 11.8 Å². The molecular weight excluding hydrogens is 374 g/mol. The zero-order valence-corrected chi connectivity index (χ0v) is 17.8. The van der Waals surface area contributed by atoms with Crippen LogP contribution in [0.1, 0.15) is 38.7 Å². The summed E-state index contributed by atoms with van der Waals surface area (Å²) in [6, 6.07) is 9.54. The van der Waals surface area contributed by atoms with E-state index in [4.69, 9.17) is 0 Å². The first-order valence-electron chi connectivity index (χ1n) is 10.4.